The van der Waals surface area contributed by atoms with Gasteiger partial charge < -0.3 is 14.6 Å². The molecular formula is C22H36O4. The van der Waals surface area contributed by atoms with Crippen LogP contribution in [0.5, 0.6) is 0 Å². The summed E-state index contributed by atoms with van der Waals surface area (Å²) in [7, 11) is 0. The summed E-state index contributed by atoms with van der Waals surface area (Å²) in [6.45, 7) is 12.6. The number of rotatable bonds is 7. The van der Waals surface area contributed by atoms with Crippen LogP contribution in [-0.4, -0.2) is 35.3 Å². The van der Waals surface area contributed by atoms with E-state index in [2.05, 4.69) is 34.3 Å². The first-order chi connectivity index (χ1) is 12.1. The number of hydrogen-bond donors (Lipinski definition) is 1. The molecule has 1 heterocycles. The van der Waals surface area contributed by atoms with Gasteiger partial charge in [0.2, 0.25) is 0 Å². The quantitative estimate of drug-likeness (QED) is 0.680. The fourth-order valence-corrected chi connectivity index (χ4v) is 5.50. The van der Waals surface area contributed by atoms with Crippen LogP contribution in [0.25, 0.3) is 0 Å². The van der Waals surface area contributed by atoms with Crippen molar-refractivity contribution in [2.24, 2.45) is 16.7 Å². The molecule has 3 aliphatic rings. The lowest BCUT2D eigenvalue weighted by molar-refractivity contribution is -0.202. The van der Waals surface area contributed by atoms with Gasteiger partial charge in [-0.05, 0) is 58.3 Å². The Morgan fingerprint density at radius 3 is 2.69 bits per heavy atom. The number of ether oxygens (including phenoxy) is 2. The molecule has 0 radical (unpaired) electrons. The van der Waals surface area contributed by atoms with Gasteiger partial charge in [-0.3, -0.25) is 4.79 Å². The van der Waals surface area contributed by atoms with Crippen LogP contribution in [0, 0.1) is 16.7 Å². The molecule has 4 nitrogen and oxygen atoms in total. The van der Waals surface area contributed by atoms with Gasteiger partial charge in [0.25, 0.3) is 0 Å². The predicted octanol–water partition coefficient (Wildman–Crippen LogP) is 4.40. The highest BCUT2D eigenvalue weighted by Gasteiger charge is 2.71. The molecule has 1 aliphatic heterocycles. The zero-order valence-electron chi connectivity index (χ0n) is 17.0. The Labute approximate surface area is 158 Å². The van der Waals surface area contributed by atoms with E-state index in [0.717, 1.165) is 44.9 Å². The standard InChI is InChI=1S/C22H36O4/c1-6-7-8-16(2)25-15-21(14-23)12-11-20(5)10-9-17-13-22(20,18(21)24)26-19(17,3)4/h17,23H,2,6-15H2,1,3-5H3/t17-,20-,21?,22+/m1/s1. The molecule has 2 saturated carbocycles. The lowest BCUT2D eigenvalue weighted by Gasteiger charge is -2.55. The van der Waals surface area contributed by atoms with Crippen LogP contribution in [0.2, 0.25) is 0 Å². The van der Waals surface area contributed by atoms with Crippen molar-refractivity contribution in [2.75, 3.05) is 13.2 Å². The third-order valence-corrected chi connectivity index (χ3v) is 7.64. The summed E-state index contributed by atoms with van der Waals surface area (Å²) in [6.07, 6.45) is 7.41. The first-order valence-corrected chi connectivity index (χ1v) is 10.3. The normalized spacial score (nSPS) is 41.0. The van der Waals surface area contributed by atoms with E-state index in [1.54, 1.807) is 0 Å². The average molecular weight is 365 g/mol. The Bertz CT molecular complexity index is 583. The largest absolute Gasteiger partial charge is 0.497 e. The fraction of sp³-hybridized carbons (Fsp3) is 0.864. The zero-order chi connectivity index (χ0) is 19.2. The molecule has 26 heavy (non-hydrogen) atoms. The molecule has 148 valence electrons. The first kappa shape index (κ1) is 19.9. The van der Waals surface area contributed by atoms with Crippen molar-refractivity contribution < 1.29 is 19.4 Å². The molecular weight excluding hydrogens is 328 g/mol. The van der Waals surface area contributed by atoms with Gasteiger partial charge in [-0.15, -0.1) is 0 Å². The van der Waals surface area contributed by atoms with Crippen molar-refractivity contribution in [3.05, 3.63) is 12.3 Å². The van der Waals surface area contributed by atoms with E-state index in [9.17, 15) is 9.90 Å². The van der Waals surface area contributed by atoms with Gasteiger partial charge in [0, 0.05) is 11.8 Å². The second kappa shape index (κ2) is 6.63. The van der Waals surface area contributed by atoms with Gasteiger partial charge >= 0.3 is 0 Å². The highest BCUT2D eigenvalue weighted by molar-refractivity contribution is 5.95. The van der Waals surface area contributed by atoms with Gasteiger partial charge in [-0.1, -0.05) is 26.8 Å². The van der Waals surface area contributed by atoms with E-state index < -0.39 is 11.0 Å². The van der Waals surface area contributed by atoms with E-state index in [1.807, 2.05) is 0 Å². The molecule has 0 amide bonds. The van der Waals surface area contributed by atoms with Crippen LogP contribution < -0.4 is 0 Å². The highest BCUT2D eigenvalue weighted by atomic mass is 16.5. The summed E-state index contributed by atoms with van der Waals surface area (Å²) in [5, 5.41) is 10.2. The smallest absolute Gasteiger partial charge is 0.177 e. The van der Waals surface area contributed by atoms with Gasteiger partial charge in [0.15, 0.2) is 5.78 Å². The van der Waals surface area contributed by atoms with Crippen LogP contribution in [0.1, 0.15) is 79.1 Å². The molecule has 3 fully saturated rings. The molecule has 1 N–H and O–H groups in total. The second-order valence-electron chi connectivity index (χ2n) is 9.73. The molecule has 4 heteroatoms. The third kappa shape index (κ3) is 2.84. The van der Waals surface area contributed by atoms with Crippen molar-refractivity contribution in [1.82, 2.24) is 0 Å². The molecule has 3 rings (SSSR count). The van der Waals surface area contributed by atoms with Crippen LogP contribution in [0.3, 0.4) is 0 Å². The molecule has 1 spiro atoms. The molecule has 2 aliphatic carbocycles. The molecule has 4 atom stereocenters. The number of aliphatic hydroxyl groups excluding tert-OH is 1. The predicted molar refractivity (Wildman–Crippen MR) is 102 cm³/mol. The Morgan fingerprint density at radius 1 is 1.31 bits per heavy atom. The van der Waals surface area contributed by atoms with E-state index in [0.29, 0.717) is 18.1 Å². The Kier molecular flexibility index (Phi) is 5.07. The monoisotopic (exact) mass is 364 g/mol. The summed E-state index contributed by atoms with van der Waals surface area (Å²) in [4.78, 5) is 13.8. The SMILES string of the molecule is C=C(CCCC)OCC1(CO)CC[C@@]2(C)CC[C@@H]3C[C@]2(OC3(C)C)C1=O. The zero-order valence-corrected chi connectivity index (χ0v) is 17.0. The number of Topliss-reactive ketones (excluding diaryl/α,β-unsaturated/α-hetero) is 1. The molecule has 1 saturated heterocycles. The number of hydrogen-bond acceptors (Lipinski definition) is 4. The van der Waals surface area contributed by atoms with Crippen LogP contribution in [0.4, 0.5) is 0 Å². The number of carbonyl (C=O) groups is 1. The molecule has 2 bridgehead atoms. The van der Waals surface area contributed by atoms with Gasteiger partial charge in [-0.25, -0.2) is 0 Å². The summed E-state index contributed by atoms with van der Waals surface area (Å²) >= 11 is 0. The minimum Gasteiger partial charge on any atom is -0.497 e. The molecule has 0 aromatic carbocycles. The number of unbranched alkanes of at least 4 members (excludes halogenated alkanes) is 1. The summed E-state index contributed by atoms with van der Waals surface area (Å²) < 4.78 is 12.5. The summed E-state index contributed by atoms with van der Waals surface area (Å²) in [5.74, 6) is 1.20. The maximum Gasteiger partial charge on any atom is 0.177 e. The summed E-state index contributed by atoms with van der Waals surface area (Å²) in [6, 6.07) is 0. The topological polar surface area (TPSA) is 55.8 Å². The third-order valence-electron chi connectivity index (χ3n) is 7.64. The van der Waals surface area contributed by atoms with Crippen molar-refractivity contribution in [2.45, 2.75) is 90.3 Å². The van der Waals surface area contributed by atoms with Crippen molar-refractivity contribution in [3.63, 3.8) is 0 Å². The lowest BCUT2D eigenvalue weighted by atomic mass is 9.50. The fourth-order valence-electron chi connectivity index (χ4n) is 5.50. The molecule has 0 aromatic rings. The van der Waals surface area contributed by atoms with Crippen LogP contribution in [-0.2, 0) is 14.3 Å². The first-order valence-electron chi connectivity index (χ1n) is 10.3. The number of carbonyl (C=O) groups excluding carboxylic acids is 1. The maximum atomic E-state index is 13.8. The van der Waals surface area contributed by atoms with Crippen molar-refractivity contribution in [3.8, 4) is 0 Å². The Morgan fingerprint density at radius 2 is 2.04 bits per heavy atom. The molecule has 0 aromatic heterocycles. The minimum absolute atomic E-state index is 0.0693. The Hall–Kier alpha value is -0.870. The van der Waals surface area contributed by atoms with Gasteiger partial charge in [0.1, 0.15) is 12.2 Å². The van der Waals surface area contributed by atoms with E-state index >= 15 is 0 Å². The van der Waals surface area contributed by atoms with E-state index in [4.69, 9.17) is 9.47 Å². The van der Waals surface area contributed by atoms with E-state index in [1.165, 1.54) is 0 Å². The Balaban J connectivity index is 1.84. The maximum absolute atomic E-state index is 13.8. The highest BCUT2D eigenvalue weighted by Crippen LogP contribution is 2.65. The average Bonchev–Trinajstić information content (AvgIpc) is 2.85. The number of aliphatic hydroxyl groups is 1. The van der Waals surface area contributed by atoms with Crippen LogP contribution in [0.15, 0.2) is 12.3 Å². The van der Waals surface area contributed by atoms with Crippen molar-refractivity contribution in [1.29, 1.82) is 0 Å². The number of fused-ring (bicyclic) bond motifs is 1. The van der Waals surface area contributed by atoms with Crippen molar-refractivity contribution >= 4 is 5.78 Å². The minimum atomic E-state index is -0.864. The lowest BCUT2D eigenvalue weighted by Crippen LogP contribution is -2.65. The van der Waals surface area contributed by atoms with E-state index in [-0.39, 0.29) is 30.0 Å². The summed E-state index contributed by atoms with van der Waals surface area (Å²) in [5.41, 5.74) is -2.05. The number of allylic oxidation sites excluding steroid dienone is 1. The molecule has 1 unspecified atom stereocenters. The van der Waals surface area contributed by atoms with Crippen LogP contribution >= 0.6 is 0 Å². The second-order valence-corrected chi connectivity index (χ2v) is 9.73. The van der Waals surface area contributed by atoms with Gasteiger partial charge in [-0.2, -0.15) is 0 Å². The van der Waals surface area contributed by atoms with Gasteiger partial charge in [0.05, 0.1) is 23.4 Å². The number of ketones is 1.